The Morgan fingerprint density at radius 1 is 1.15 bits per heavy atom. The summed E-state index contributed by atoms with van der Waals surface area (Å²) in [6.45, 7) is 0. The van der Waals surface area contributed by atoms with Crippen molar-refractivity contribution in [2.45, 2.75) is 56.8 Å². The van der Waals surface area contributed by atoms with Crippen molar-refractivity contribution >= 4 is 22.9 Å². The van der Waals surface area contributed by atoms with E-state index in [1.165, 1.54) is 10.4 Å². The van der Waals surface area contributed by atoms with Gasteiger partial charge in [-0.2, -0.15) is 13.2 Å². The molecule has 0 spiro atoms. The molecule has 1 atom stereocenters. The average Bonchev–Trinajstić information content (AvgIpc) is 2.90. The van der Waals surface area contributed by atoms with Crippen molar-refractivity contribution in [3.05, 3.63) is 20.8 Å². The summed E-state index contributed by atoms with van der Waals surface area (Å²) < 4.78 is 38.7. The number of hydrogen-bond donors (Lipinski definition) is 1. The van der Waals surface area contributed by atoms with Crippen molar-refractivity contribution in [3.8, 4) is 0 Å². The Balaban J connectivity index is 1.56. The predicted octanol–water partition coefficient (Wildman–Crippen LogP) is 5.10. The summed E-state index contributed by atoms with van der Waals surface area (Å²) in [6, 6.07) is 2.50. The minimum absolute atomic E-state index is 0.211. The molecule has 1 heterocycles. The Hall–Kier alpha value is -0.260. The number of nitrogens with one attached hydrogen (secondary N) is 1. The highest BCUT2D eigenvalue weighted by molar-refractivity contribution is 7.16. The molecule has 1 saturated carbocycles. The Kier molecular flexibility index (Phi) is 4.04. The quantitative estimate of drug-likeness (QED) is 0.798. The van der Waals surface area contributed by atoms with E-state index in [1.54, 1.807) is 11.3 Å². The lowest BCUT2D eigenvalue weighted by atomic mass is 9.85. The number of alkyl halides is 3. The fourth-order valence-electron chi connectivity index (χ4n) is 3.38. The topological polar surface area (TPSA) is 12.0 Å². The van der Waals surface area contributed by atoms with Crippen LogP contribution >= 0.6 is 22.9 Å². The van der Waals surface area contributed by atoms with Crippen molar-refractivity contribution < 1.29 is 13.2 Å². The van der Waals surface area contributed by atoms with Crippen LogP contribution in [0.15, 0.2) is 6.07 Å². The van der Waals surface area contributed by atoms with Crippen molar-refractivity contribution in [1.82, 2.24) is 5.32 Å². The third kappa shape index (κ3) is 3.00. The van der Waals surface area contributed by atoms with Gasteiger partial charge in [-0.05, 0) is 50.2 Å². The zero-order valence-electron chi connectivity index (χ0n) is 11.0. The molecule has 1 aromatic rings. The maximum Gasteiger partial charge on any atom is 0.391 e. The lowest BCUT2D eigenvalue weighted by molar-refractivity contribution is -0.182. The fourth-order valence-corrected chi connectivity index (χ4v) is 4.73. The van der Waals surface area contributed by atoms with Crippen LogP contribution in [0.4, 0.5) is 13.2 Å². The highest BCUT2D eigenvalue weighted by atomic mass is 35.5. The first-order chi connectivity index (χ1) is 9.43. The summed E-state index contributed by atoms with van der Waals surface area (Å²) in [5.74, 6) is -1.10. The zero-order chi connectivity index (χ0) is 14.3. The maximum absolute atomic E-state index is 12.6. The summed E-state index contributed by atoms with van der Waals surface area (Å²) in [5.41, 5.74) is 1.26. The highest BCUT2D eigenvalue weighted by Gasteiger charge is 2.41. The molecule has 0 bridgehead atoms. The van der Waals surface area contributed by atoms with Gasteiger partial charge in [-0.15, -0.1) is 11.3 Å². The molecular weight excluding hydrogens is 307 g/mol. The van der Waals surface area contributed by atoms with Gasteiger partial charge in [0.15, 0.2) is 0 Å². The third-order valence-corrected chi connectivity index (χ3v) is 5.81. The van der Waals surface area contributed by atoms with Gasteiger partial charge in [-0.1, -0.05) is 11.6 Å². The summed E-state index contributed by atoms with van der Waals surface area (Å²) in [7, 11) is 0. The van der Waals surface area contributed by atoms with Crippen LogP contribution in [0.25, 0.3) is 0 Å². The molecule has 2 aliphatic carbocycles. The first-order valence-corrected chi connectivity index (χ1v) is 8.24. The van der Waals surface area contributed by atoms with Crippen LogP contribution in [0, 0.1) is 5.92 Å². The standard InChI is InChI=1S/C14H17ClF3NS/c15-13-7-10-11(5-6-12(10)20-13)19-9-3-1-8(2-4-9)14(16,17)18/h7-9,11,19H,1-6H2. The Morgan fingerprint density at radius 2 is 1.85 bits per heavy atom. The second kappa shape index (κ2) is 5.50. The molecule has 3 rings (SSSR count). The molecule has 2 aliphatic rings. The van der Waals surface area contributed by atoms with Crippen LogP contribution in [0.3, 0.4) is 0 Å². The van der Waals surface area contributed by atoms with Gasteiger partial charge in [0.2, 0.25) is 0 Å². The van der Waals surface area contributed by atoms with Gasteiger partial charge < -0.3 is 5.32 Å². The van der Waals surface area contributed by atoms with E-state index in [0.29, 0.717) is 12.8 Å². The van der Waals surface area contributed by atoms with Crippen molar-refractivity contribution in [2.75, 3.05) is 0 Å². The van der Waals surface area contributed by atoms with E-state index in [1.807, 2.05) is 6.07 Å². The minimum Gasteiger partial charge on any atom is -0.307 e. The molecule has 1 aromatic heterocycles. The second-order valence-corrected chi connectivity index (χ2v) is 7.55. The molecule has 1 N–H and O–H groups in total. The van der Waals surface area contributed by atoms with E-state index < -0.39 is 12.1 Å². The first kappa shape index (κ1) is 14.7. The van der Waals surface area contributed by atoms with Crippen LogP contribution in [0.1, 0.15) is 48.6 Å². The van der Waals surface area contributed by atoms with Crippen LogP contribution in [-0.4, -0.2) is 12.2 Å². The summed E-state index contributed by atoms with van der Waals surface area (Å²) in [4.78, 5) is 1.33. The lowest BCUT2D eigenvalue weighted by Crippen LogP contribution is -2.38. The fraction of sp³-hybridized carbons (Fsp3) is 0.714. The van der Waals surface area contributed by atoms with Gasteiger partial charge in [0.25, 0.3) is 0 Å². The number of thiophene rings is 1. The van der Waals surface area contributed by atoms with Crippen LogP contribution in [0.5, 0.6) is 0 Å². The smallest absolute Gasteiger partial charge is 0.307 e. The molecule has 112 valence electrons. The van der Waals surface area contributed by atoms with E-state index in [0.717, 1.165) is 17.2 Å². The SMILES string of the molecule is FC(F)(F)C1CCC(NC2CCc3sc(Cl)cc32)CC1. The Morgan fingerprint density at radius 3 is 2.50 bits per heavy atom. The predicted molar refractivity (Wildman–Crippen MR) is 75.3 cm³/mol. The summed E-state index contributed by atoms with van der Waals surface area (Å²) in [6.07, 6.45) is -0.204. The number of fused-ring (bicyclic) bond motifs is 1. The van der Waals surface area contributed by atoms with Crippen LogP contribution < -0.4 is 5.32 Å². The molecular formula is C14H17ClF3NS. The van der Waals surface area contributed by atoms with Gasteiger partial charge in [-0.3, -0.25) is 0 Å². The number of halogens is 4. The Bertz CT molecular complexity index is 477. The Labute approximate surface area is 125 Å². The molecule has 6 heteroatoms. The third-order valence-electron chi connectivity index (χ3n) is 4.47. The number of rotatable bonds is 2. The van der Waals surface area contributed by atoms with Crippen LogP contribution in [-0.2, 0) is 6.42 Å². The molecule has 0 saturated heterocycles. The van der Waals surface area contributed by atoms with E-state index in [4.69, 9.17) is 11.6 Å². The van der Waals surface area contributed by atoms with Gasteiger partial charge in [0.1, 0.15) is 0 Å². The normalized spacial score (nSPS) is 30.5. The van der Waals surface area contributed by atoms with Crippen molar-refractivity contribution in [3.63, 3.8) is 0 Å². The molecule has 1 nitrogen and oxygen atoms in total. The van der Waals surface area contributed by atoms with Gasteiger partial charge in [-0.25, -0.2) is 0 Å². The van der Waals surface area contributed by atoms with Crippen LogP contribution in [0.2, 0.25) is 4.34 Å². The van der Waals surface area contributed by atoms with Gasteiger partial charge in [0.05, 0.1) is 10.3 Å². The maximum atomic E-state index is 12.6. The molecule has 0 aromatic carbocycles. The highest BCUT2D eigenvalue weighted by Crippen LogP contribution is 2.41. The lowest BCUT2D eigenvalue weighted by Gasteiger charge is -2.32. The number of aryl methyl sites for hydroxylation is 1. The van der Waals surface area contributed by atoms with E-state index in [9.17, 15) is 13.2 Å². The molecule has 1 fully saturated rings. The first-order valence-electron chi connectivity index (χ1n) is 7.04. The summed E-state index contributed by atoms with van der Waals surface area (Å²) >= 11 is 7.64. The molecule has 0 aliphatic heterocycles. The average molecular weight is 324 g/mol. The van der Waals surface area contributed by atoms with E-state index in [2.05, 4.69) is 5.32 Å². The van der Waals surface area contributed by atoms with Crippen molar-refractivity contribution in [1.29, 1.82) is 0 Å². The van der Waals surface area contributed by atoms with Gasteiger partial charge in [0, 0.05) is 17.0 Å². The molecule has 0 amide bonds. The minimum atomic E-state index is -4.02. The van der Waals surface area contributed by atoms with Gasteiger partial charge >= 0.3 is 6.18 Å². The number of hydrogen-bond acceptors (Lipinski definition) is 2. The summed E-state index contributed by atoms with van der Waals surface area (Å²) in [5, 5.41) is 3.54. The second-order valence-electron chi connectivity index (χ2n) is 5.78. The largest absolute Gasteiger partial charge is 0.391 e. The molecule has 20 heavy (non-hydrogen) atoms. The molecule has 1 unspecified atom stereocenters. The monoisotopic (exact) mass is 323 g/mol. The van der Waals surface area contributed by atoms with E-state index in [-0.39, 0.29) is 24.9 Å². The van der Waals surface area contributed by atoms with Crippen molar-refractivity contribution in [2.24, 2.45) is 5.92 Å². The zero-order valence-corrected chi connectivity index (χ0v) is 12.5. The van der Waals surface area contributed by atoms with E-state index >= 15 is 0 Å². The molecule has 0 radical (unpaired) electrons.